The number of aromatic nitrogens is 2. The molecule has 3 nitrogen and oxygen atoms in total. The van der Waals surface area contributed by atoms with Crippen molar-refractivity contribution in [2.45, 2.75) is 13.0 Å². The normalized spacial score (nSPS) is 12.7. The van der Waals surface area contributed by atoms with Crippen LogP contribution in [0.2, 0.25) is 0 Å². The fourth-order valence-electron chi connectivity index (χ4n) is 1.33. The Morgan fingerprint density at radius 2 is 2.07 bits per heavy atom. The second kappa shape index (κ2) is 3.86. The van der Waals surface area contributed by atoms with Gasteiger partial charge in [-0.25, -0.2) is 9.97 Å². The van der Waals surface area contributed by atoms with Crippen LogP contribution < -0.4 is 5.73 Å². The highest BCUT2D eigenvalue weighted by atomic mass is 32.1. The molecule has 0 aliphatic carbocycles. The second-order valence-corrected chi connectivity index (χ2v) is 4.14. The lowest BCUT2D eigenvalue weighted by molar-refractivity contribution is 0.779. The van der Waals surface area contributed by atoms with Crippen molar-refractivity contribution in [2.24, 2.45) is 5.73 Å². The fraction of sp³-hybridized carbons (Fsp3) is 0.200. The highest BCUT2D eigenvalue weighted by Gasteiger charge is 2.13. The van der Waals surface area contributed by atoms with E-state index in [1.165, 1.54) is 4.88 Å². The molecule has 2 aromatic rings. The maximum Gasteiger partial charge on any atom is 0.149 e. The van der Waals surface area contributed by atoms with Crippen molar-refractivity contribution in [3.05, 3.63) is 46.2 Å². The summed E-state index contributed by atoms with van der Waals surface area (Å²) in [4.78, 5) is 9.52. The lowest BCUT2D eigenvalue weighted by Crippen LogP contribution is -2.15. The van der Waals surface area contributed by atoms with Crippen LogP contribution in [-0.2, 0) is 0 Å². The quantitative estimate of drug-likeness (QED) is 0.814. The predicted octanol–water partition coefficient (Wildman–Crippen LogP) is 1.89. The molecule has 0 aliphatic rings. The van der Waals surface area contributed by atoms with E-state index in [1.54, 1.807) is 29.8 Å². The highest BCUT2D eigenvalue weighted by molar-refractivity contribution is 7.10. The zero-order valence-electron chi connectivity index (χ0n) is 7.84. The van der Waals surface area contributed by atoms with Crippen LogP contribution in [0.5, 0.6) is 0 Å². The highest BCUT2D eigenvalue weighted by Crippen LogP contribution is 2.23. The Kier molecular flexibility index (Phi) is 2.56. The molecule has 0 aliphatic heterocycles. The topological polar surface area (TPSA) is 51.8 Å². The molecular formula is C10H11N3S. The van der Waals surface area contributed by atoms with Gasteiger partial charge in [-0.3, -0.25) is 0 Å². The third-order valence-corrected chi connectivity index (χ3v) is 2.96. The largest absolute Gasteiger partial charge is 0.318 e. The first-order valence-corrected chi connectivity index (χ1v) is 5.23. The summed E-state index contributed by atoms with van der Waals surface area (Å²) in [6.07, 6.45) is 3.42. The van der Waals surface area contributed by atoms with E-state index in [4.69, 9.17) is 5.73 Å². The van der Waals surface area contributed by atoms with E-state index in [2.05, 4.69) is 16.9 Å². The molecule has 1 unspecified atom stereocenters. The first kappa shape index (κ1) is 9.30. The van der Waals surface area contributed by atoms with Crippen molar-refractivity contribution in [1.82, 2.24) is 9.97 Å². The van der Waals surface area contributed by atoms with Crippen molar-refractivity contribution >= 4 is 11.3 Å². The molecule has 1 atom stereocenters. The second-order valence-electron chi connectivity index (χ2n) is 3.02. The molecule has 2 rings (SSSR count). The van der Waals surface area contributed by atoms with Crippen LogP contribution in [0.15, 0.2) is 29.9 Å². The molecule has 0 spiro atoms. The SMILES string of the molecule is Cc1sccc1C(N)c1ncccn1. The number of thiophene rings is 1. The van der Waals surface area contributed by atoms with Gasteiger partial charge >= 0.3 is 0 Å². The fourth-order valence-corrected chi connectivity index (χ4v) is 2.08. The maximum atomic E-state index is 6.04. The van der Waals surface area contributed by atoms with E-state index < -0.39 is 0 Å². The summed E-state index contributed by atoms with van der Waals surface area (Å²) < 4.78 is 0. The van der Waals surface area contributed by atoms with Gasteiger partial charge in [-0.2, -0.15) is 0 Å². The molecule has 0 saturated heterocycles. The van der Waals surface area contributed by atoms with E-state index in [9.17, 15) is 0 Å². The Morgan fingerprint density at radius 1 is 1.36 bits per heavy atom. The summed E-state index contributed by atoms with van der Waals surface area (Å²) in [5.41, 5.74) is 7.16. The van der Waals surface area contributed by atoms with Gasteiger partial charge in [0.2, 0.25) is 0 Å². The van der Waals surface area contributed by atoms with Gasteiger partial charge in [-0.1, -0.05) is 0 Å². The Balaban J connectivity index is 2.34. The standard InChI is InChI=1S/C10H11N3S/c1-7-8(3-6-14-7)9(11)10-12-4-2-5-13-10/h2-6,9H,11H2,1H3. The number of aryl methyl sites for hydroxylation is 1. The number of nitrogens with two attached hydrogens (primary N) is 1. The van der Waals surface area contributed by atoms with Crippen LogP contribution in [-0.4, -0.2) is 9.97 Å². The predicted molar refractivity (Wildman–Crippen MR) is 57.1 cm³/mol. The minimum atomic E-state index is -0.206. The van der Waals surface area contributed by atoms with Crippen LogP contribution in [0.1, 0.15) is 22.3 Å². The molecule has 4 heteroatoms. The third-order valence-electron chi connectivity index (χ3n) is 2.10. The summed E-state index contributed by atoms with van der Waals surface area (Å²) in [5.74, 6) is 0.675. The summed E-state index contributed by atoms with van der Waals surface area (Å²) in [6, 6.07) is 3.61. The van der Waals surface area contributed by atoms with Crippen molar-refractivity contribution in [1.29, 1.82) is 0 Å². The molecule has 14 heavy (non-hydrogen) atoms. The summed E-state index contributed by atoms with van der Waals surface area (Å²) in [6.45, 7) is 2.06. The summed E-state index contributed by atoms with van der Waals surface area (Å²) in [7, 11) is 0. The lowest BCUT2D eigenvalue weighted by atomic mass is 10.1. The van der Waals surface area contributed by atoms with E-state index in [0.717, 1.165) is 5.56 Å². The van der Waals surface area contributed by atoms with Gasteiger partial charge in [0, 0.05) is 17.3 Å². The average Bonchev–Trinajstić information content (AvgIpc) is 2.65. The van der Waals surface area contributed by atoms with E-state index in [-0.39, 0.29) is 6.04 Å². The molecule has 0 radical (unpaired) electrons. The molecule has 2 heterocycles. The molecule has 0 fully saturated rings. The molecule has 0 bridgehead atoms. The first-order valence-electron chi connectivity index (χ1n) is 4.35. The van der Waals surface area contributed by atoms with Crippen molar-refractivity contribution in [2.75, 3.05) is 0 Å². The van der Waals surface area contributed by atoms with Gasteiger partial charge < -0.3 is 5.73 Å². The smallest absolute Gasteiger partial charge is 0.149 e. The number of nitrogens with zero attached hydrogens (tertiary/aromatic N) is 2. The first-order chi connectivity index (χ1) is 6.79. The average molecular weight is 205 g/mol. The van der Waals surface area contributed by atoms with E-state index in [1.807, 2.05) is 11.4 Å². The zero-order valence-corrected chi connectivity index (χ0v) is 8.66. The number of rotatable bonds is 2. The summed E-state index contributed by atoms with van der Waals surface area (Å²) >= 11 is 1.69. The van der Waals surface area contributed by atoms with Crippen molar-refractivity contribution in [3.8, 4) is 0 Å². The Bertz CT molecular complexity index is 410. The molecule has 72 valence electrons. The van der Waals surface area contributed by atoms with E-state index >= 15 is 0 Å². The minimum Gasteiger partial charge on any atom is -0.318 e. The Labute approximate surface area is 86.6 Å². The van der Waals surface area contributed by atoms with Crippen molar-refractivity contribution in [3.63, 3.8) is 0 Å². The zero-order chi connectivity index (χ0) is 9.97. The molecule has 0 saturated carbocycles. The molecule has 0 amide bonds. The van der Waals surface area contributed by atoms with Crippen LogP contribution in [0.4, 0.5) is 0 Å². The minimum absolute atomic E-state index is 0.206. The monoisotopic (exact) mass is 205 g/mol. The summed E-state index contributed by atoms with van der Waals surface area (Å²) in [5, 5.41) is 2.04. The number of hydrogen-bond donors (Lipinski definition) is 1. The molecule has 2 N–H and O–H groups in total. The van der Waals surface area contributed by atoms with Gasteiger partial charge in [0.15, 0.2) is 0 Å². The molecule has 0 aromatic carbocycles. The van der Waals surface area contributed by atoms with Crippen LogP contribution >= 0.6 is 11.3 Å². The van der Waals surface area contributed by atoms with Gasteiger partial charge in [0.05, 0.1) is 6.04 Å². The van der Waals surface area contributed by atoms with E-state index in [0.29, 0.717) is 5.82 Å². The molecular weight excluding hydrogens is 194 g/mol. The Morgan fingerprint density at radius 3 is 2.64 bits per heavy atom. The van der Waals surface area contributed by atoms with Gasteiger partial charge in [-0.05, 0) is 30.0 Å². The van der Waals surface area contributed by atoms with Gasteiger partial charge in [0.1, 0.15) is 5.82 Å². The maximum absolute atomic E-state index is 6.04. The van der Waals surface area contributed by atoms with Crippen LogP contribution in [0.25, 0.3) is 0 Å². The Hall–Kier alpha value is -1.26. The third kappa shape index (κ3) is 1.66. The van der Waals surface area contributed by atoms with Crippen molar-refractivity contribution < 1.29 is 0 Å². The number of hydrogen-bond acceptors (Lipinski definition) is 4. The molecule has 2 aromatic heterocycles. The van der Waals surface area contributed by atoms with Crippen LogP contribution in [0.3, 0.4) is 0 Å². The lowest BCUT2D eigenvalue weighted by Gasteiger charge is -2.08. The van der Waals surface area contributed by atoms with Crippen LogP contribution in [0, 0.1) is 6.92 Å². The van der Waals surface area contributed by atoms with Gasteiger partial charge in [0.25, 0.3) is 0 Å². The van der Waals surface area contributed by atoms with Gasteiger partial charge in [-0.15, -0.1) is 11.3 Å².